The molecule has 0 saturated carbocycles. The van der Waals surface area contributed by atoms with Gasteiger partial charge in [0.1, 0.15) is 5.82 Å². The van der Waals surface area contributed by atoms with Gasteiger partial charge < -0.3 is 11.1 Å². The molecule has 0 aliphatic carbocycles. The van der Waals surface area contributed by atoms with Crippen molar-refractivity contribution in [2.24, 2.45) is 5.92 Å². The lowest BCUT2D eigenvalue weighted by atomic mass is 10.0. The topological polar surface area (TPSA) is 55.1 Å². The molecule has 0 saturated heterocycles. The first-order valence-corrected chi connectivity index (χ1v) is 5.86. The van der Waals surface area contributed by atoms with E-state index in [9.17, 15) is 9.18 Å². The normalized spacial score (nSPS) is 10.6. The van der Waals surface area contributed by atoms with Crippen LogP contribution in [0.1, 0.15) is 32.3 Å². The van der Waals surface area contributed by atoms with Crippen molar-refractivity contribution in [2.75, 3.05) is 11.1 Å². The van der Waals surface area contributed by atoms with Crippen molar-refractivity contribution in [3.05, 3.63) is 23.5 Å². The first kappa shape index (κ1) is 13.5. The molecule has 1 amide bonds. The summed E-state index contributed by atoms with van der Waals surface area (Å²) < 4.78 is 13.6. The van der Waals surface area contributed by atoms with E-state index >= 15 is 0 Å². The van der Waals surface area contributed by atoms with Gasteiger partial charge in [-0.3, -0.25) is 4.79 Å². The number of amides is 1. The molecule has 3 N–H and O–H groups in total. The predicted molar refractivity (Wildman–Crippen MR) is 68.3 cm³/mol. The van der Waals surface area contributed by atoms with Gasteiger partial charge in [-0.15, -0.1) is 0 Å². The van der Waals surface area contributed by atoms with Crippen molar-refractivity contribution < 1.29 is 9.18 Å². The van der Waals surface area contributed by atoms with Gasteiger partial charge >= 0.3 is 0 Å². The molecule has 0 fully saturated rings. The third-order valence-electron chi connectivity index (χ3n) is 3.06. The Morgan fingerprint density at radius 3 is 2.53 bits per heavy atom. The lowest BCUT2D eigenvalue weighted by molar-refractivity contribution is -0.120. The number of carbonyl (C=O) groups excluding carboxylic acids is 1. The maximum absolute atomic E-state index is 13.6. The number of carbonyl (C=O) groups is 1. The molecule has 1 aromatic rings. The monoisotopic (exact) mass is 238 g/mol. The first-order chi connectivity index (χ1) is 8.01. The molecule has 0 bridgehead atoms. The Morgan fingerprint density at radius 1 is 1.41 bits per heavy atom. The van der Waals surface area contributed by atoms with Crippen molar-refractivity contribution in [2.45, 2.75) is 33.6 Å². The summed E-state index contributed by atoms with van der Waals surface area (Å²) >= 11 is 0. The molecular weight excluding hydrogens is 219 g/mol. The van der Waals surface area contributed by atoms with E-state index in [0.29, 0.717) is 11.3 Å². The van der Waals surface area contributed by atoms with Crippen molar-refractivity contribution >= 4 is 17.3 Å². The minimum Gasteiger partial charge on any atom is -0.398 e. The van der Waals surface area contributed by atoms with Crippen LogP contribution in [0.4, 0.5) is 15.8 Å². The molecule has 0 spiro atoms. The molecule has 17 heavy (non-hydrogen) atoms. The molecule has 0 heterocycles. The van der Waals surface area contributed by atoms with Gasteiger partial charge in [0.2, 0.25) is 5.91 Å². The average molecular weight is 238 g/mol. The lowest BCUT2D eigenvalue weighted by Crippen LogP contribution is -2.23. The van der Waals surface area contributed by atoms with Crippen LogP contribution in [-0.4, -0.2) is 5.91 Å². The minimum atomic E-state index is -0.448. The van der Waals surface area contributed by atoms with Crippen LogP contribution in [0.2, 0.25) is 0 Å². The summed E-state index contributed by atoms with van der Waals surface area (Å²) in [7, 11) is 0. The van der Waals surface area contributed by atoms with E-state index in [4.69, 9.17) is 5.73 Å². The van der Waals surface area contributed by atoms with Gasteiger partial charge in [0, 0.05) is 11.6 Å². The van der Waals surface area contributed by atoms with Crippen molar-refractivity contribution in [3.63, 3.8) is 0 Å². The third-order valence-corrected chi connectivity index (χ3v) is 3.06. The number of nitrogens with one attached hydrogen (secondary N) is 1. The Balaban J connectivity index is 2.95. The number of halogens is 1. The Labute approximate surface area is 101 Å². The van der Waals surface area contributed by atoms with Crippen LogP contribution in [0, 0.1) is 18.7 Å². The van der Waals surface area contributed by atoms with Gasteiger partial charge in [-0.2, -0.15) is 0 Å². The number of anilines is 2. The van der Waals surface area contributed by atoms with Gasteiger partial charge in [0.05, 0.1) is 5.69 Å². The summed E-state index contributed by atoms with van der Waals surface area (Å²) in [5.41, 5.74) is 6.94. The van der Waals surface area contributed by atoms with E-state index in [1.165, 1.54) is 12.1 Å². The van der Waals surface area contributed by atoms with Crippen LogP contribution in [0.5, 0.6) is 0 Å². The highest BCUT2D eigenvalue weighted by Crippen LogP contribution is 2.25. The van der Waals surface area contributed by atoms with E-state index in [-0.39, 0.29) is 17.5 Å². The zero-order valence-electron chi connectivity index (χ0n) is 10.5. The van der Waals surface area contributed by atoms with E-state index in [2.05, 4.69) is 5.32 Å². The van der Waals surface area contributed by atoms with Crippen LogP contribution in [0.15, 0.2) is 12.1 Å². The summed E-state index contributed by atoms with van der Waals surface area (Å²) in [4.78, 5) is 11.9. The number of benzene rings is 1. The smallest absolute Gasteiger partial charge is 0.227 e. The second-order valence-corrected chi connectivity index (χ2v) is 4.14. The Kier molecular flexibility index (Phi) is 4.49. The molecule has 0 radical (unpaired) electrons. The summed E-state index contributed by atoms with van der Waals surface area (Å²) in [6.45, 7) is 5.58. The van der Waals surface area contributed by atoms with E-state index in [0.717, 1.165) is 12.8 Å². The molecule has 94 valence electrons. The highest BCUT2D eigenvalue weighted by atomic mass is 19.1. The van der Waals surface area contributed by atoms with Crippen LogP contribution in [0.25, 0.3) is 0 Å². The lowest BCUT2D eigenvalue weighted by Gasteiger charge is -2.15. The minimum absolute atomic E-state index is 0.0877. The van der Waals surface area contributed by atoms with E-state index in [1.54, 1.807) is 6.92 Å². The fourth-order valence-corrected chi connectivity index (χ4v) is 1.73. The molecule has 1 rings (SSSR count). The second-order valence-electron chi connectivity index (χ2n) is 4.14. The van der Waals surface area contributed by atoms with Gasteiger partial charge in [-0.1, -0.05) is 13.8 Å². The van der Waals surface area contributed by atoms with Gasteiger partial charge in [-0.05, 0) is 37.5 Å². The number of hydrogen-bond acceptors (Lipinski definition) is 2. The maximum atomic E-state index is 13.6. The molecule has 4 heteroatoms. The third kappa shape index (κ3) is 2.96. The summed E-state index contributed by atoms with van der Waals surface area (Å²) in [5, 5.41) is 2.63. The Hall–Kier alpha value is -1.58. The molecule has 3 nitrogen and oxygen atoms in total. The first-order valence-electron chi connectivity index (χ1n) is 5.86. The summed E-state index contributed by atoms with van der Waals surface area (Å²) in [6, 6.07) is 2.77. The van der Waals surface area contributed by atoms with Crippen molar-refractivity contribution in [1.29, 1.82) is 0 Å². The number of hydrogen-bond donors (Lipinski definition) is 2. The second kappa shape index (κ2) is 5.66. The van der Waals surface area contributed by atoms with E-state index < -0.39 is 5.82 Å². The number of nitrogen functional groups attached to an aromatic ring is 1. The van der Waals surface area contributed by atoms with Crippen molar-refractivity contribution in [3.8, 4) is 0 Å². The van der Waals surface area contributed by atoms with Crippen LogP contribution < -0.4 is 11.1 Å². The molecular formula is C13H19FN2O. The standard InChI is InChI=1S/C13H19FN2O/c1-4-9(5-2)13(17)16-12-8(3)11(15)7-6-10(12)14/h6-7,9H,4-5,15H2,1-3H3,(H,16,17). The summed E-state index contributed by atoms with van der Waals surface area (Å²) in [5.74, 6) is -0.686. The quantitative estimate of drug-likeness (QED) is 0.792. The van der Waals surface area contributed by atoms with Gasteiger partial charge in [-0.25, -0.2) is 4.39 Å². The zero-order chi connectivity index (χ0) is 13.0. The SMILES string of the molecule is CCC(CC)C(=O)Nc1c(F)ccc(N)c1C. The molecule has 0 aromatic heterocycles. The summed E-state index contributed by atoms with van der Waals surface area (Å²) in [6.07, 6.45) is 1.48. The largest absolute Gasteiger partial charge is 0.398 e. The number of nitrogens with two attached hydrogens (primary N) is 1. The van der Waals surface area contributed by atoms with Gasteiger partial charge in [0.25, 0.3) is 0 Å². The molecule has 0 aliphatic rings. The molecule has 0 unspecified atom stereocenters. The average Bonchev–Trinajstić information content (AvgIpc) is 2.31. The molecule has 0 aliphatic heterocycles. The Morgan fingerprint density at radius 2 is 2.00 bits per heavy atom. The predicted octanol–water partition coefficient (Wildman–Crippen LogP) is 3.09. The van der Waals surface area contributed by atoms with Crippen LogP contribution >= 0.6 is 0 Å². The highest BCUT2D eigenvalue weighted by Gasteiger charge is 2.17. The van der Waals surface area contributed by atoms with E-state index in [1.807, 2.05) is 13.8 Å². The van der Waals surface area contributed by atoms with Crippen LogP contribution in [0.3, 0.4) is 0 Å². The number of rotatable bonds is 4. The van der Waals surface area contributed by atoms with Crippen molar-refractivity contribution in [1.82, 2.24) is 0 Å². The highest BCUT2D eigenvalue weighted by molar-refractivity contribution is 5.94. The van der Waals surface area contributed by atoms with Gasteiger partial charge in [0.15, 0.2) is 0 Å². The Bertz CT molecular complexity index is 414. The fourth-order valence-electron chi connectivity index (χ4n) is 1.73. The van der Waals surface area contributed by atoms with Crippen LogP contribution in [-0.2, 0) is 4.79 Å². The zero-order valence-corrected chi connectivity index (χ0v) is 10.5. The molecule has 0 atom stereocenters. The fraction of sp³-hybridized carbons (Fsp3) is 0.462. The maximum Gasteiger partial charge on any atom is 0.227 e. The molecule has 1 aromatic carbocycles.